The second-order valence-corrected chi connectivity index (χ2v) is 10.0. The summed E-state index contributed by atoms with van der Waals surface area (Å²) in [5.74, 6) is -1.09. The molecule has 0 unspecified atom stereocenters. The number of hydrogen-bond donors (Lipinski definition) is 0. The van der Waals surface area contributed by atoms with Crippen LogP contribution in [0.5, 0.6) is 0 Å². The second-order valence-electron chi connectivity index (χ2n) is 5.84. The van der Waals surface area contributed by atoms with Crippen molar-refractivity contribution in [2.45, 2.75) is 29.5 Å². The standard InChI is InChI=1S/C14H18FNO5S2/c1-10-3-2-4-11(15)14(10)23(19,20)16-6-8-22(17,18)13-9-21-7-5-12(13)16/h2-4,12-13H,5-9H2,1H3/t12-,13+/m0/s1. The van der Waals surface area contributed by atoms with Crippen molar-refractivity contribution in [3.63, 3.8) is 0 Å². The highest BCUT2D eigenvalue weighted by Crippen LogP contribution is 2.32. The molecule has 0 aromatic heterocycles. The third-order valence-corrected chi connectivity index (χ3v) is 8.66. The predicted molar refractivity (Wildman–Crippen MR) is 81.8 cm³/mol. The highest BCUT2D eigenvalue weighted by molar-refractivity contribution is 7.92. The molecule has 3 rings (SSSR count). The second kappa shape index (κ2) is 5.80. The normalized spacial score (nSPS) is 28.3. The lowest BCUT2D eigenvalue weighted by Gasteiger charge is -2.42. The molecule has 2 atom stereocenters. The molecule has 2 fully saturated rings. The average Bonchev–Trinajstić information content (AvgIpc) is 2.46. The number of halogens is 1. The first-order valence-electron chi connectivity index (χ1n) is 7.31. The molecule has 128 valence electrons. The smallest absolute Gasteiger partial charge is 0.246 e. The summed E-state index contributed by atoms with van der Waals surface area (Å²) in [6.07, 6.45) is 0.288. The topological polar surface area (TPSA) is 80.8 Å². The van der Waals surface area contributed by atoms with E-state index in [4.69, 9.17) is 4.74 Å². The first-order chi connectivity index (χ1) is 10.7. The molecule has 1 aromatic rings. The molecule has 0 amide bonds. The zero-order valence-electron chi connectivity index (χ0n) is 12.6. The van der Waals surface area contributed by atoms with Crippen LogP contribution in [0.15, 0.2) is 23.1 Å². The van der Waals surface area contributed by atoms with Crippen molar-refractivity contribution in [1.29, 1.82) is 0 Å². The molecule has 0 radical (unpaired) electrons. The quantitative estimate of drug-likeness (QED) is 0.773. The molecule has 2 saturated heterocycles. The first-order valence-corrected chi connectivity index (χ1v) is 10.5. The zero-order chi connectivity index (χ0) is 16.8. The van der Waals surface area contributed by atoms with Gasteiger partial charge in [0.05, 0.1) is 12.4 Å². The summed E-state index contributed by atoms with van der Waals surface area (Å²) in [4.78, 5) is -0.371. The van der Waals surface area contributed by atoms with Crippen molar-refractivity contribution in [2.75, 3.05) is 25.5 Å². The van der Waals surface area contributed by atoms with Crippen molar-refractivity contribution in [3.05, 3.63) is 29.6 Å². The predicted octanol–water partition coefficient (Wildman–Crippen LogP) is 0.711. The van der Waals surface area contributed by atoms with Gasteiger partial charge in [0.25, 0.3) is 0 Å². The molecule has 0 saturated carbocycles. The zero-order valence-corrected chi connectivity index (χ0v) is 14.2. The summed E-state index contributed by atoms with van der Waals surface area (Å²) >= 11 is 0. The van der Waals surface area contributed by atoms with Crippen LogP contribution in [-0.4, -0.2) is 57.9 Å². The summed E-state index contributed by atoms with van der Waals surface area (Å²) in [6.45, 7) is 1.64. The fourth-order valence-corrected chi connectivity index (χ4v) is 7.24. The van der Waals surface area contributed by atoms with Crippen molar-refractivity contribution in [1.82, 2.24) is 4.31 Å². The average molecular weight is 363 g/mol. The van der Waals surface area contributed by atoms with Crippen molar-refractivity contribution < 1.29 is 26.0 Å². The highest BCUT2D eigenvalue weighted by Gasteiger charge is 2.48. The van der Waals surface area contributed by atoms with E-state index in [0.29, 0.717) is 12.2 Å². The van der Waals surface area contributed by atoms with Gasteiger partial charge in [0.15, 0.2) is 9.84 Å². The molecule has 0 aliphatic carbocycles. The Kier molecular flexibility index (Phi) is 4.24. The molecule has 0 bridgehead atoms. The van der Waals surface area contributed by atoms with E-state index >= 15 is 0 Å². The number of hydrogen-bond acceptors (Lipinski definition) is 5. The Hall–Kier alpha value is -1.03. The third kappa shape index (κ3) is 2.79. The summed E-state index contributed by atoms with van der Waals surface area (Å²) in [7, 11) is -7.51. The summed E-state index contributed by atoms with van der Waals surface area (Å²) in [5, 5.41) is -0.883. The molecule has 0 N–H and O–H groups in total. The minimum absolute atomic E-state index is 0.0186. The van der Waals surface area contributed by atoms with Crippen LogP contribution in [0.25, 0.3) is 0 Å². The van der Waals surface area contributed by atoms with E-state index in [0.717, 1.165) is 10.4 Å². The largest absolute Gasteiger partial charge is 0.380 e. The van der Waals surface area contributed by atoms with E-state index in [1.165, 1.54) is 19.1 Å². The van der Waals surface area contributed by atoms with E-state index in [9.17, 15) is 21.2 Å². The number of fused-ring (bicyclic) bond motifs is 1. The molecular formula is C14H18FNO5S2. The van der Waals surface area contributed by atoms with Gasteiger partial charge in [0, 0.05) is 19.2 Å². The van der Waals surface area contributed by atoms with Crippen LogP contribution in [0.1, 0.15) is 12.0 Å². The van der Waals surface area contributed by atoms with Gasteiger partial charge in [-0.1, -0.05) is 12.1 Å². The molecule has 2 aliphatic rings. The van der Waals surface area contributed by atoms with Gasteiger partial charge in [-0.3, -0.25) is 0 Å². The number of rotatable bonds is 2. The number of ether oxygens (including phenoxy) is 1. The summed E-state index contributed by atoms with van der Waals surface area (Å²) in [6, 6.07) is 3.37. The number of sulfonamides is 1. The fourth-order valence-electron chi connectivity index (χ4n) is 3.27. The Morgan fingerprint density at radius 2 is 2.09 bits per heavy atom. The maximum Gasteiger partial charge on any atom is 0.246 e. The Balaban J connectivity index is 2.07. The monoisotopic (exact) mass is 363 g/mol. The van der Waals surface area contributed by atoms with Gasteiger partial charge in [0.1, 0.15) is 16.0 Å². The van der Waals surface area contributed by atoms with Crippen LogP contribution in [0.2, 0.25) is 0 Å². The lowest BCUT2D eigenvalue weighted by molar-refractivity contribution is 0.0589. The van der Waals surface area contributed by atoms with Crippen LogP contribution in [0.3, 0.4) is 0 Å². The Morgan fingerprint density at radius 3 is 2.78 bits per heavy atom. The summed E-state index contributed by atoms with van der Waals surface area (Å²) < 4.78 is 70.7. The van der Waals surface area contributed by atoms with Crippen LogP contribution < -0.4 is 0 Å². The first kappa shape index (κ1) is 16.8. The Labute approximate surface area is 135 Å². The van der Waals surface area contributed by atoms with Crippen molar-refractivity contribution >= 4 is 19.9 Å². The van der Waals surface area contributed by atoms with E-state index in [-0.39, 0.29) is 30.2 Å². The number of benzene rings is 1. The number of sulfone groups is 1. The summed E-state index contributed by atoms with van der Waals surface area (Å²) in [5.41, 5.74) is 0.307. The van der Waals surface area contributed by atoms with Crippen LogP contribution in [0.4, 0.5) is 4.39 Å². The van der Waals surface area contributed by atoms with E-state index in [2.05, 4.69) is 0 Å². The van der Waals surface area contributed by atoms with Gasteiger partial charge in [-0.2, -0.15) is 4.31 Å². The van der Waals surface area contributed by atoms with Crippen LogP contribution in [0, 0.1) is 12.7 Å². The SMILES string of the molecule is Cc1cccc(F)c1S(=O)(=O)N1CCS(=O)(=O)[C@@H]2COCC[C@@H]21. The number of nitrogens with zero attached hydrogens (tertiary/aromatic N) is 1. The molecular weight excluding hydrogens is 345 g/mol. The number of aryl methyl sites for hydroxylation is 1. The molecule has 1 aromatic carbocycles. The van der Waals surface area contributed by atoms with E-state index in [1.807, 2.05) is 0 Å². The van der Waals surface area contributed by atoms with Crippen molar-refractivity contribution in [2.24, 2.45) is 0 Å². The minimum Gasteiger partial charge on any atom is -0.380 e. The van der Waals surface area contributed by atoms with E-state index < -0.39 is 37.0 Å². The molecule has 2 heterocycles. The van der Waals surface area contributed by atoms with Crippen molar-refractivity contribution in [3.8, 4) is 0 Å². The van der Waals surface area contributed by atoms with Gasteiger partial charge in [-0.05, 0) is 25.0 Å². The molecule has 9 heteroatoms. The van der Waals surface area contributed by atoms with Crippen LogP contribution >= 0.6 is 0 Å². The molecule has 23 heavy (non-hydrogen) atoms. The fraction of sp³-hybridized carbons (Fsp3) is 0.571. The van der Waals surface area contributed by atoms with Gasteiger partial charge in [0.2, 0.25) is 10.0 Å². The minimum atomic E-state index is -4.11. The van der Waals surface area contributed by atoms with Gasteiger partial charge in [-0.25, -0.2) is 21.2 Å². The molecule has 0 spiro atoms. The Morgan fingerprint density at radius 1 is 1.35 bits per heavy atom. The van der Waals surface area contributed by atoms with Crippen LogP contribution in [-0.2, 0) is 24.6 Å². The maximum absolute atomic E-state index is 14.1. The Bertz CT molecular complexity index is 801. The van der Waals surface area contributed by atoms with Gasteiger partial charge in [-0.15, -0.1) is 0 Å². The lowest BCUT2D eigenvalue weighted by Crippen LogP contribution is -2.60. The van der Waals surface area contributed by atoms with Gasteiger partial charge < -0.3 is 4.74 Å². The highest BCUT2D eigenvalue weighted by atomic mass is 32.2. The molecule has 2 aliphatic heterocycles. The third-order valence-electron chi connectivity index (χ3n) is 4.43. The molecule has 6 nitrogen and oxygen atoms in total. The lowest BCUT2D eigenvalue weighted by atomic mass is 10.1. The van der Waals surface area contributed by atoms with E-state index in [1.54, 1.807) is 0 Å². The maximum atomic E-state index is 14.1. The van der Waals surface area contributed by atoms with Gasteiger partial charge >= 0.3 is 0 Å².